The van der Waals surface area contributed by atoms with Gasteiger partial charge in [0, 0.05) is 0 Å². The van der Waals surface area contributed by atoms with Crippen LogP contribution in [0.15, 0.2) is 22.8 Å². The molecule has 0 aliphatic heterocycles. The van der Waals surface area contributed by atoms with Gasteiger partial charge in [-0.2, -0.15) is 0 Å². The summed E-state index contributed by atoms with van der Waals surface area (Å²) in [6.45, 7) is 2.35. The molecule has 1 aliphatic carbocycles. The standard InChI is InChI=1S/C12H19NO/c1-9-5-3-6-10(9)12(13-2)11-7-4-8-14-11/h4,7-10,12-13H,3,5-6H2,1-2H3. The molecule has 0 spiro atoms. The second-order valence-corrected chi connectivity index (χ2v) is 4.35. The maximum atomic E-state index is 5.48. The van der Waals surface area contributed by atoms with E-state index in [4.69, 9.17) is 4.42 Å². The van der Waals surface area contributed by atoms with Gasteiger partial charge in [0.2, 0.25) is 0 Å². The molecule has 1 aliphatic rings. The maximum Gasteiger partial charge on any atom is 0.120 e. The van der Waals surface area contributed by atoms with E-state index in [1.807, 2.05) is 13.1 Å². The summed E-state index contributed by atoms with van der Waals surface area (Å²) in [5.74, 6) is 2.65. The van der Waals surface area contributed by atoms with E-state index in [0.717, 1.165) is 17.6 Å². The van der Waals surface area contributed by atoms with Gasteiger partial charge >= 0.3 is 0 Å². The van der Waals surface area contributed by atoms with E-state index < -0.39 is 0 Å². The summed E-state index contributed by atoms with van der Waals surface area (Å²) in [7, 11) is 2.03. The van der Waals surface area contributed by atoms with Crippen molar-refractivity contribution >= 4 is 0 Å². The second-order valence-electron chi connectivity index (χ2n) is 4.35. The minimum atomic E-state index is 0.405. The lowest BCUT2D eigenvalue weighted by Crippen LogP contribution is -2.26. The van der Waals surface area contributed by atoms with Crippen LogP contribution in [0.4, 0.5) is 0 Å². The summed E-state index contributed by atoms with van der Waals surface area (Å²) in [6, 6.07) is 4.45. The van der Waals surface area contributed by atoms with E-state index in [2.05, 4.69) is 18.3 Å². The van der Waals surface area contributed by atoms with E-state index in [1.54, 1.807) is 6.26 Å². The van der Waals surface area contributed by atoms with Gasteiger partial charge < -0.3 is 9.73 Å². The Morgan fingerprint density at radius 1 is 1.50 bits per heavy atom. The first-order chi connectivity index (χ1) is 6.83. The van der Waals surface area contributed by atoms with Gasteiger partial charge in [0.15, 0.2) is 0 Å². The topological polar surface area (TPSA) is 25.2 Å². The average molecular weight is 193 g/mol. The molecule has 2 heteroatoms. The van der Waals surface area contributed by atoms with Crippen LogP contribution in [0, 0.1) is 11.8 Å². The Bertz CT molecular complexity index is 268. The number of hydrogen-bond donors (Lipinski definition) is 1. The minimum Gasteiger partial charge on any atom is -0.468 e. The van der Waals surface area contributed by atoms with Crippen LogP contribution in [0.25, 0.3) is 0 Å². The highest BCUT2D eigenvalue weighted by atomic mass is 16.3. The van der Waals surface area contributed by atoms with Crippen LogP contribution in [0.5, 0.6) is 0 Å². The van der Waals surface area contributed by atoms with E-state index in [9.17, 15) is 0 Å². The monoisotopic (exact) mass is 193 g/mol. The molecular weight excluding hydrogens is 174 g/mol. The number of rotatable bonds is 3. The molecule has 0 aromatic carbocycles. The third-order valence-corrected chi connectivity index (χ3v) is 3.52. The third-order valence-electron chi connectivity index (χ3n) is 3.52. The summed E-state index contributed by atoms with van der Waals surface area (Å²) in [6.07, 6.45) is 5.82. The maximum absolute atomic E-state index is 5.48. The number of hydrogen-bond acceptors (Lipinski definition) is 2. The minimum absolute atomic E-state index is 0.405. The summed E-state index contributed by atoms with van der Waals surface area (Å²) < 4.78 is 5.48. The predicted molar refractivity (Wildman–Crippen MR) is 57.0 cm³/mol. The quantitative estimate of drug-likeness (QED) is 0.798. The molecule has 0 saturated heterocycles. The Morgan fingerprint density at radius 2 is 2.36 bits per heavy atom. The number of nitrogens with one attached hydrogen (secondary N) is 1. The average Bonchev–Trinajstić information content (AvgIpc) is 2.80. The summed E-state index contributed by atoms with van der Waals surface area (Å²) >= 11 is 0. The third kappa shape index (κ3) is 1.71. The van der Waals surface area contributed by atoms with Crippen LogP contribution < -0.4 is 5.32 Å². The zero-order valence-corrected chi connectivity index (χ0v) is 8.99. The lowest BCUT2D eigenvalue weighted by Gasteiger charge is -2.24. The molecule has 1 fully saturated rings. The van der Waals surface area contributed by atoms with Crippen molar-refractivity contribution in [1.82, 2.24) is 5.32 Å². The van der Waals surface area contributed by atoms with E-state index >= 15 is 0 Å². The first-order valence-corrected chi connectivity index (χ1v) is 5.53. The second kappa shape index (κ2) is 4.18. The zero-order valence-electron chi connectivity index (χ0n) is 8.99. The van der Waals surface area contributed by atoms with Crippen molar-refractivity contribution in [3.63, 3.8) is 0 Å². The van der Waals surface area contributed by atoms with E-state index in [0.29, 0.717) is 6.04 Å². The van der Waals surface area contributed by atoms with Crippen molar-refractivity contribution < 1.29 is 4.42 Å². The molecule has 2 nitrogen and oxygen atoms in total. The molecule has 78 valence electrons. The van der Waals surface area contributed by atoms with Crippen molar-refractivity contribution in [3.8, 4) is 0 Å². The van der Waals surface area contributed by atoms with Crippen LogP contribution in [0.3, 0.4) is 0 Å². The van der Waals surface area contributed by atoms with Crippen molar-refractivity contribution in [2.75, 3.05) is 7.05 Å². The Morgan fingerprint density at radius 3 is 2.86 bits per heavy atom. The molecule has 0 amide bonds. The van der Waals surface area contributed by atoms with Gasteiger partial charge in [-0.05, 0) is 37.4 Å². The molecule has 1 aromatic rings. The van der Waals surface area contributed by atoms with Gasteiger partial charge in [0.25, 0.3) is 0 Å². The van der Waals surface area contributed by atoms with Gasteiger partial charge in [0.1, 0.15) is 5.76 Å². The highest BCUT2D eigenvalue weighted by Crippen LogP contribution is 2.39. The molecule has 2 rings (SSSR count). The highest BCUT2D eigenvalue weighted by Gasteiger charge is 2.32. The van der Waals surface area contributed by atoms with Crippen LogP contribution >= 0.6 is 0 Å². The molecule has 1 N–H and O–H groups in total. The number of furan rings is 1. The fourth-order valence-electron chi connectivity index (χ4n) is 2.70. The van der Waals surface area contributed by atoms with Crippen LogP contribution in [0.2, 0.25) is 0 Å². The van der Waals surface area contributed by atoms with Crippen molar-refractivity contribution in [1.29, 1.82) is 0 Å². The molecule has 0 radical (unpaired) electrons. The van der Waals surface area contributed by atoms with Crippen LogP contribution in [0.1, 0.15) is 38.0 Å². The highest BCUT2D eigenvalue weighted by molar-refractivity contribution is 5.07. The van der Waals surface area contributed by atoms with Gasteiger partial charge in [-0.3, -0.25) is 0 Å². The van der Waals surface area contributed by atoms with Crippen LogP contribution in [-0.4, -0.2) is 7.05 Å². The SMILES string of the molecule is CNC(c1ccco1)C1CCCC1C. The zero-order chi connectivity index (χ0) is 9.97. The first-order valence-electron chi connectivity index (χ1n) is 5.53. The lowest BCUT2D eigenvalue weighted by molar-refractivity contribution is 0.277. The molecule has 14 heavy (non-hydrogen) atoms. The molecule has 1 heterocycles. The summed E-state index contributed by atoms with van der Waals surface area (Å²) in [4.78, 5) is 0. The predicted octanol–water partition coefficient (Wildman–Crippen LogP) is 2.98. The van der Waals surface area contributed by atoms with E-state index in [-0.39, 0.29) is 0 Å². The molecular formula is C12H19NO. The fourth-order valence-corrected chi connectivity index (χ4v) is 2.70. The summed E-state index contributed by atoms with van der Waals surface area (Å²) in [5.41, 5.74) is 0. The molecule has 3 unspecified atom stereocenters. The lowest BCUT2D eigenvalue weighted by atomic mass is 9.89. The van der Waals surface area contributed by atoms with Crippen molar-refractivity contribution in [3.05, 3.63) is 24.2 Å². The normalized spacial score (nSPS) is 29.3. The molecule has 1 aromatic heterocycles. The van der Waals surface area contributed by atoms with Crippen molar-refractivity contribution in [2.24, 2.45) is 11.8 Å². The Hall–Kier alpha value is -0.760. The van der Waals surface area contributed by atoms with Gasteiger partial charge in [-0.1, -0.05) is 19.8 Å². The fraction of sp³-hybridized carbons (Fsp3) is 0.667. The van der Waals surface area contributed by atoms with Gasteiger partial charge in [-0.15, -0.1) is 0 Å². The molecule has 1 saturated carbocycles. The summed E-state index contributed by atoms with van der Waals surface area (Å²) in [5, 5.41) is 3.38. The van der Waals surface area contributed by atoms with Crippen molar-refractivity contribution in [2.45, 2.75) is 32.2 Å². The Labute approximate surface area is 85.7 Å². The van der Waals surface area contributed by atoms with Gasteiger partial charge in [-0.25, -0.2) is 0 Å². The first kappa shape index (κ1) is 9.78. The van der Waals surface area contributed by atoms with E-state index in [1.165, 1.54) is 19.3 Å². The Kier molecular flexibility index (Phi) is 2.92. The van der Waals surface area contributed by atoms with Crippen LogP contribution in [-0.2, 0) is 0 Å². The molecule has 3 atom stereocenters. The largest absolute Gasteiger partial charge is 0.468 e. The molecule has 0 bridgehead atoms. The smallest absolute Gasteiger partial charge is 0.120 e. The van der Waals surface area contributed by atoms with Gasteiger partial charge in [0.05, 0.1) is 12.3 Å². The Balaban J connectivity index is 2.13.